The van der Waals surface area contributed by atoms with E-state index in [1.165, 1.54) is 89.9 Å². The van der Waals surface area contributed by atoms with Crippen molar-refractivity contribution in [1.29, 1.82) is 0 Å². The van der Waals surface area contributed by atoms with Crippen LogP contribution in [-0.2, 0) is 38.0 Å². The van der Waals surface area contributed by atoms with Crippen LogP contribution < -0.4 is 0 Å². The number of carbonyl (C=O) groups is 2. The van der Waals surface area contributed by atoms with Crippen molar-refractivity contribution < 1.29 is 73.8 Å². The molecular formula is C46H84O15. The first kappa shape index (κ1) is 55.4. The van der Waals surface area contributed by atoms with Gasteiger partial charge in [0.25, 0.3) is 0 Å². The van der Waals surface area contributed by atoms with Crippen molar-refractivity contribution in [2.75, 3.05) is 26.4 Å². The van der Waals surface area contributed by atoms with E-state index in [2.05, 4.69) is 26.0 Å². The molecular weight excluding hydrogens is 792 g/mol. The molecule has 0 aliphatic carbocycles. The van der Waals surface area contributed by atoms with Crippen LogP contribution in [0.4, 0.5) is 0 Å². The summed E-state index contributed by atoms with van der Waals surface area (Å²) in [5.74, 6) is -0.930. The van der Waals surface area contributed by atoms with Crippen molar-refractivity contribution in [3.8, 4) is 0 Å². The first-order valence-electron chi connectivity index (χ1n) is 23.8. The Morgan fingerprint density at radius 3 is 1.44 bits per heavy atom. The van der Waals surface area contributed by atoms with E-state index in [1.54, 1.807) is 0 Å². The molecule has 4 unspecified atom stereocenters. The number of ether oxygens (including phenoxy) is 6. The number of esters is 2. The summed E-state index contributed by atoms with van der Waals surface area (Å²) in [5, 5.41) is 71.8. The minimum atomic E-state index is -1.76. The zero-order valence-corrected chi connectivity index (χ0v) is 37.4. The van der Waals surface area contributed by atoms with Gasteiger partial charge in [-0.05, 0) is 38.5 Å². The lowest BCUT2D eigenvalue weighted by Crippen LogP contribution is -2.61. The summed E-state index contributed by atoms with van der Waals surface area (Å²) >= 11 is 0. The van der Waals surface area contributed by atoms with E-state index in [9.17, 15) is 45.3 Å². The van der Waals surface area contributed by atoms with Gasteiger partial charge in [-0.25, -0.2) is 0 Å². The highest BCUT2D eigenvalue weighted by molar-refractivity contribution is 5.70. The van der Waals surface area contributed by atoms with Gasteiger partial charge in [0.2, 0.25) is 0 Å². The van der Waals surface area contributed by atoms with E-state index in [-0.39, 0.29) is 26.1 Å². The molecule has 15 heteroatoms. The van der Waals surface area contributed by atoms with Gasteiger partial charge in [0.1, 0.15) is 55.4 Å². The molecule has 2 aliphatic heterocycles. The second-order valence-corrected chi connectivity index (χ2v) is 16.9. The van der Waals surface area contributed by atoms with Crippen LogP contribution in [0.3, 0.4) is 0 Å². The highest BCUT2D eigenvalue weighted by atomic mass is 16.7. The number of hydrogen-bond acceptors (Lipinski definition) is 15. The Balaban J connectivity index is 1.80. The molecule has 2 heterocycles. The number of allylic oxidation sites excluding steroid dienone is 2. The smallest absolute Gasteiger partial charge is 0.306 e. The largest absolute Gasteiger partial charge is 0.462 e. The second kappa shape index (κ2) is 34.6. The molecule has 2 aliphatic rings. The lowest BCUT2D eigenvalue weighted by Gasteiger charge is -2.42. The summed E-state index contributed by atoms with van der Waals surface area (Å²) in [7, 11) is 0. The Kier molecular flexibility index (Phi) is 31.4. The summed E-state index contributed by atoms with van der Waals surface area (Å²) in [6.45, 7) is 2.54. The molecule has 358 valence electrons. The summed E-state index contributed by atoms with van der Waals surface area (Å²) in [4.78, 5) is 25.6. The molecule has 0 aromatic heterocycles. The molecule has 2 rings (SSSR count). The predicted octanol–water partition coefficient (Wildman–Crippen LogP) is 5.43. The van der Waals surface area contributed by atoms with Crippen LogP contribution in [0.2, 0.25) is 0 Å². The minimum absolute atomic E-state index is 0.167. The Labute approximate surface area is 365 Å². The lowest BCUT2D eigenvalue weighted by molar-refractivity contribution is -0.332. The van der Waals surface area contributed by atoms with E-state index in [0.29, 0.717) is 12.8 Å². The molecule has 0 bridgehead atoms. The molecule has 0 radical (unpaired) electrons. The number of hydrogen-bond donors (Lipinski definition) is 7. The molecule has 15 nitrogen and oxygen atoms in total. The fourth-order valence-corrected chi connectivity index (χ4v) is 7.50. The number of rotatable bonds is 36. The molecule has 0 saturated carbocycles. The number of aliphatic hydroxyl groups is 7. The van der Waals surface area contributed by atoms with Gasteiger partial charge in [-0.15, -0.1) is 0 Å². The zero-order chi connectivity index (χ0) is 44.7. The van der Waals surface area contributed by atoms with Crippen molar-refractivity contribution in [3.63, 3.8) is 0 Å². The molecule has 2 fully saturated rings. The molecule has 0 aromatic carbocycles. The summed E-state index contributed by atoms with van der Waals surface area (Å²) in [5.41, 5.74) is 0. The van der Waals surface area contributed by atoms with Crippen LogP contribution in [0, 0.1) is 0 Å². The average Bonchev–Trinajstić information content (AvgIpc) is 3.25. The second-order valence-electron chi connectivity index (χ2n) is 16.9. The van der Waals surface area contributed by atoms with E-state index in [1.807, 2.05) is 0 Å². The van der Waals surface area contributed by atoms with Gasteiger partial charge in [-0.3, -0.25) is 9.59 Å². The standard InChI is InChI=1S/C46H84O15/c1-3-5-7-9-11-13-14-15-16-17-18-19-20-21-23-24-26-28-37(48)56-31-34(59-38(49)29-27-25-22-12-10-8-6-4-2)32-57-45-44(55)42(53)40(51)36(61-45)33-58-46-43(54)41(52)39(50)35(30-47)60-46/h15-16,34-36,39-47,50-55H,3-14,17-33H2,1-2H3/b16-15+/t34-,35+,36+,39-,40-,41?,42?,43?,44?,45+,46+/m0/s1. The summed E-state index contributed by atoms with van der Waals surface area (Å²) < 4.78 is 33.4. The molecule has 2 saturated heterocycles. The third kappa shape index (κ3) is 23.7. The number of unbranched alkanes of at least 4 members (excludes halogenated alkanes) is 20. The summed E-state index contributed by atoms with van der Waals surface area (Å²) in [6, 6.07) is 0. The van der Waals surface area contributed by atoms with Crippen LogP contribution in [0.1, 0.15) is 174 Å². The molecule has 0 amide bonds. The zero-order valence-electron chi connectivity index (χ0n) is 37.4. The van der Waals surface area contributed by atoms with Crippen LogP contribution in [0.5, 0.6) is 0 Å². The molecule has 0 spiro atoms. The quantitative estimate of drug-likeness (QED) is 0.0236. The summed E-state index contributed by atoms with van der Waals surface area (Å²) in [6.07, 6.45) is 14.1. The highest BCUT2D eigenvalue weighted by Gasteiger charge is 2.47. The van der Waals surface area contributed by atoms with Gasteiger partial charge in [-0.1, -0.05) is 135 Å². The third-order valence-electron chi connectivity index (χ3n) is 11.5. The Hall–Kier alpha value is -1.76. The van der Waals surface area contributed by atoms with Crippen molar-refractivity contribution in [2.24, 2.45) is 0 Å². The fraction of sp³-hybridized carbons (Fsp3) is 0.913. The Morgan fingerprint density at radius 1 is 0.508 bits per heavy atom. The fourth-order valence-electron chi connectivity index (χ4n) is 7.50. The lowest BCUT2D eigenvalue weighted by atomic mass is 9.98. The molecule has 61 heavy (non-hydrogen) atoms. The van der Waals surface area contributed by atoms with E-state index in [4.69, 9.17) is 28.4 Å². The number of carbonyl (C=O) groups excluding carboxylic acids is 2. The predicted molar refractivity (Wildman–Crippen MR) is 229 cm³/mol. The first-order valence-corrected chi connectivity index (χ1v) is 23.8. The normalized spacial score (nSPS) is 27.4. The highest BCUT2D eigenvalue weighted by Crippen LogP contribution is 2.26. The molecule has 0 aromatic rings. The van der Waals surface area contributed by atoms with Crippen LogP contribution >= 0.6 is 0 Å². The Morgan fingerprint density at radius 2 is 0.934 bits per heavy atom. The van der Waals surface area contributed by atoms with Crippen LogP contribution in [0.25, 0.3) is 0 Å². The average molecular weight is 877 g/mol. The van der Waals surface area contributed by atoms with Gasteiger partial charge in [0.15, 0.2) is 18.7 Å². The van der Waals surface area contributed by atoms with Gasteiger partial charge in [0, 0.05) is 12.8 Å². The van der Waals surface area contributed by atoms with Crippen molar-refractivity contribution >= 4 is 11.9 Å². The first-order chi connectivity index (χ1) is 29.5. The van der Waals surface area contributed by atoms with E-state index in [0.717, 1.165) is 44.9 Å². The van der Waals surface area contributed by atoms with Gasteiger partial charge in [0.05, 0.1) is 19.8 Å². The maximum atomic E-state index is 12.9. The number of aliphatic hydroxyl groups excluding tert-OH is 7. The SMILES string of the molecule is CCCCCCCC/C=C/CCCCCCCCCC(=O)OC[C@@H](CO[C@@H]1O[C@H](CO[C@@H]2O[C@H](CO)[C@H](O)C(O)C2O)[C@H](O)C(O)C1O)OC(=O)CCCCCCCCCC. The van der Waals surface area contributed by atoms with Crippen LogP contribution in [0.15, 0.2) is 12.2 Å². The van der Waals surface area contributed by atoms with Crippen molar-refractivity contribution in [3.05, 3.63) is 12.2 Å². The topological polar surface area (TPSA) is 231 Å². The monoisotopic (exact) mass is 877 g/mol. The van der Waals surface area contributed by atoms with E-state index < -0.39 is 92.7 Å². The van der Waals surface area contributed by atoms with Gasteiger partial charge in [-0.2, -0.15) is 0 Å². The molecule has 11 atom stereocenters. The third-order valence-corrected chi connectivity index (χ3v) is 11.5. The maximum absolute atomic E-state index is 12.9. The van der Waals surface area contributed by atoms with Crippen molar-refractivity contribution in [1.82, 2.24) is 0 Å². The molecule has 7 N–H and O–H groups in total. The Bertz CT molecular complexity index is 1120. The minimum Gasteiger partial charge on any atom is -0.462 e. The van der Waals surface area contributed by atoms with Gasteiger partial charge < -0.3 is 64.2 Å². The van der Waals surface area contributed by atoms with E-state index >= 15 is 0 Å². The van der Waals surface area contributed by atoms with Crippen LogP contribution in [-0.4, -0.2) is 142 Å². The van der Waals surface area contributed by atoms with Gasteiger partial charge >= 0.3 is 11.9 Å². The van der Waals surface area contributed by atoms with Crippen molar-refractivity contribution in [2.45, 2.75) is 242 Å². The maximum Gasteiger partial charge on any atom is 0.306 e.